The maximum Gasteiger partial charge on any atom is 0.161 e. The highest BCUT2D eigenvalue weighted by Gasteiger charge is 2.26. The molecule has 2 heterocycles. The van der Waals surface area contributed by atoms with Crippen LogP contribution in [-0.2, 0) is 0 Å². The second kappa shape index (κ2) is 3.84. The molecule has 1 fully saturated rings. The number of aromatic nitrogens is 1. The van der Waals surface area contributed by atoms with Gasteiger partial charge in [-0.25, -0.2) is 0 Å². The number of hydrogen-bond donors (Lipinski definition) is 0. The van der Waals surface area contributed by atoms with Gasteiger partial charge in [-0.1, -0.05) is 5.16 Å². The molecule has 0 radical (unpaired) electrons. The Kier molecular flexibility index (Phi) is 2.74. The first-order valence-electron chi connectivity index (χ1n) is 4.04. The van der Waals surface area contributed by atoms with Gasteiger partial charge in [-0.2, -0.15) is 11.8 Å². The highest BCUT2D eigenvalue weighted by atomic mass is 79.9. The molecule has 70 valence electrons. The average Bonchev–Trinajstić information content (AvgIpc) is 2.71. The number of halogens is 1. The average molecular weight is 262 g/mol. The predicted octanol–water partition coefficient (Wildman–Crippen LogP) is 2.82. The lowest BCUT2D eigenvalue weighted by molar-refractivity contribution is 0.112. The lowest BCUT2D eigenvalue weighted by atomic mass is 10.1. The fraction of sp³-hybridized carbons (Fsp3) is 0.500. The summed E-state index contributed by atoms with van der Waals surface area (Å²) in [5.74, 6) is 1.87. The van der Waals surface area contributed by atoms with Crippen LogP contribution in [0.1, 0.15) is 34.2 Å². The lowest BCUT2D eigenvalue weighted by Crippen LogP contribution is -1.91. The molecule has 0 saturated carbocycles. The van der Waals surface area contributed by atoms with Gasteiger partial charge in [-0.15, -0.1) is 0 Å². The molecule has 1 atom stereocenters. The summed E-state index contributed by atoms with van der Waals surface area (Å²) in [5.41, 5.74) is 0.569. The van der Waals surface area contributed by atoms with Gasteiger partial charge in [0.25, 0.3) is 0 Å². The van der Waals surface area contributed by atoms with Crippen molar-refractivity contribution in [2.75, 3.05) is 5.75 Å². The minimum Gasteiger partial charge on any atom is -0.358 e. The van der Waals surface area contributed by atoms with Gasteiger partial charge in [0.05, 0.1) is 10.8 Å². The van der Waals surface area contributed by atoms with Gasteiger partial charge in [0, 0.05) is 0 Å². The van der Waals surface area contributed by atoms with E-state index in [4.69, 9.17) is 4.52 Å². The molecule has 1 unspecified atom stereocenters. The quantitative estimate of drug-likeness (QED) is 0.768. The fourth-order valence-corrected chi connectivity index (χ4v) is 3.05. The van der Waals surface area contributed by atoms with E-state index < -0.39 is 0 Å². The number of nitrogens with zero attached hydrogens (tertiary/aromatic N) is 1. The summed E-state index contributed by atoms with van der Waals surface area (Å²) in [6.07, 6.45) is 3.06. The standard InChI is InChI=1S/C8H8BrNO2S/c9-8-5(4-11)7(12-10-8)6-2-1-3-13-6/h4,6H,1-3H2. The Morgan fingerprint density at radius 2 is 2.54 bits per heavy atom. The van der Waals surface area contributed by atoms with Crippen molar-refractivity contribution in [3.63, 3.8) is 0 Å². The van der Waals surface area contributed by atoms with E-state index in [0.29, 0.717) is 15.4 Å². The molecule has 0 bridgehead atoms. The number of thioether (sulfide) groups is 1. The zero-order chi connectivity index (χ0) is 9.26. The molecule has 3 nitrogen and oxygen atoms in total. The predicted molar refractivity (Wildman–Crippen MR) is 54.0 cm³/mol. The molecular weight excluding hydrogens is 254 g/mol. The van der Waals surface area contributed by atoms with Crippen LogP contribution >= 0.6 is 27.7 Å². The number of hydrogen-bond acceptors (Lipinski definition) is 4. The van der Waals surface area contributed by atoms with E-state index >= 15 is 0 Å². The van der Waals surface area contributed by atoms with Crippen LogP contribution in [0.15, 0.2) is 9.13 Å². The molecule has 0 N–H and O–H groups in total. The molecule has 1 aromatic rings. The maximum absolute atomic E-state index is 10.7. The van der Waals surface area contributed by atoms with Crippen molar-refractivity contribution in [1.82, 2.24) is 5.16 Å². The number of carbonyl (C=O) groups is 1. The first-order chi connectivity index (χ1) is 6.33. The Morgan fingerprint density at radius 1 is 1.69 bits per heavy atom. The van der Waals surface area contributed by atoms with E-state index in [1.807, 2.05) is 11.8 Å². The molecule has 13 heavy (non-hydrogen) atoms. The zero-order valence-electron chi connectivity index (χ0n) is 6.83. The molecule has 1 saturated heterocycles. The number of carbonyl (C=O) groups excluding carboxylic acids is 1. The van der Waals surface area contributed by atoms with Crippen molar-refractivity contribution in [2.45, 2.75) is 18.1 Å². The van der Waals surface area contributed by atoms with Crippen LogP contribution in [0.4, 0.5) is 0 Å². The van der Waals surface area contributed by atoms with E-state index in [0.717, 1.165) is 24.2 Å². The van der Waals surface area contributed by atoms with Crippen LogP contribution in [0.2, 0.25) is 0 Å². The maximum atomic E-state index is 10.7. The summed E-state index contributed by atoms with van der Waals surface area (Å²) >= 11 is 5.00. The second-order valence-corrected chi connectivity index (χ2v) is 4.93. The third-order valence-corrected chi connectivity index (χ3v) is 4.00. The van der Waals surface area contributed by atoms with Gasteiger partial charge in [0.1, 0.15) is 0 Å². The topological polar surface area (TPSA) is 43.1 Å². The summed E-state index contributed by atoms with van der Waals surface area (Å²) in [7, 11) is 0. The van der Waals surface area contributed by atoms with Crippen molar-refractivity contribution in [2.24, 2.45) is 0 Å². The smallest absolute Gasteiger partial charge is 0.161 e. The van der Waals surface area contributed by atoms with E-state index in [2.05, 4.69) is 21.1 Å². The Morgan fingerprint density at radius 3 is 3.15 bits per heavy atom. The Balaban J connectivity index is 2.32. The molecule has 1 aliphatic rings. The van der Waals surface area contributed by atoms with Crippen molar-refractivity contribution in [1.29, 1.82) is 0 Å². The molecule has 0 amide bonds. The Hall–Kier alpha value is -0.290. The van der Waals surface area contributed by atoms with Gasteiger partial charge in [-0.3, -0.25) is 4.79 Å². The van der Waals surface area contributed by atoms with Gasteiger partial charge >= 0.3 is 0 Å². The van der Waals surface area contributed by atoms with E-state index in [9.17, 15) is 4.79 Å². The largest absolute Gasteiger partial charge is 0.358 e. The third kappa shape index (κ3) is 1.67. The van der Waals surface area contributed by atoms with Gasteiger partial charge in [0.2, 0.25) is 0 Å². The van der Waals surface area contributed by atoms with Crippen LogP contribution in [0.3, 0.4) is 0 Å². The first-order valence-corrected chi connectivity index (χ1v) is 5.89. The van der Waals surface area contributed by atoms with Gasteiger partial charge in [0.15, 0.2) is 16.6 Å². The van der Waals surface area contributed by atoms with Crippen LogP contribution in [0.5, 0.6) is 0 Å². The number of rotatable bonds is 2. The third-order valence-electron chi connectivity index (χ3n) is 2.05. The van der Waals surface area contributed by atoms with Crippen molar-refractivity contribution >= 4 is 34.0 Å². The van der Waals surface area contributed by atoms with Crippen molar-refractivity contribution in [3.8, 4) is 0 Å². The molecule has 0 spiro atoms. The summed E-state index contributed by atoms with van der Waals surface area (Å²) in [6.45, 7) is 0. The molecular formula is C8H8BrNO2S. The first kappa shape index (κ1) is 9.27. The molecule has 0 aliphatic carbocycles. The van der Waals surface area contributed by atoms with Crippen LogP contribution in [-0.4, -0.2) is 17.2 Å². The zero-order valence-corrected chi connectivity index (χ0v) is 9.23. The summed E-state index contributed by atoms with van der Waals surface area (Å²) in [6, 6.07) is 0. The van der Waals surface area contributed by atoms with Gasteiger partial charge < -0.3 is 4.52 Å². The highest BCUT2D eigenvalue weighted by molar-refractivity contribution is 9.10. The summed E-state index contributed by atoms with van der Waals surface area (Å²) in [4.78, 5) is 10.7. The summed E-state index contributed by atoms with van der Waals surface area (Å²) in [5, 5.41) is 4.05. The minimum atomic E-state index is 0.319. The van der Waals surface area contributed by atoms with Gasteiger partial charge in [-0.05, 0) is 34.5 Å². The minimum absolute atomic E-state index is 0.319. The van der Waals surface area contributed by atoms with E-state index in [1.54, 1.807) is 0 Å². The normalized spacial score (nSPS) is 22.1. The highest BCUT2D eigenvalue weighted by Crippen LogP contribution is 2.42. The molecule has 1 aliphatic heterocycles. The molecule has 2 rings (SSSR count). The van der Waals surface area contributed by atoms with E-state index in [-0.39, 0.29) is 0 Å². The fourth-order valence-electron chi connectivity index (χ4n) is 1.41. The van der Waals surface area contributed by atoms with Crippen molar-refractivity contribution < 1.29 is 9.32 Å². The lowest BCUT2D eigenvalue weighted by Gasteiger charge is -2.02. The van der Waals surface area contributed by atoms with E-state index in [1.165, 1.54) is 6.42 Å². The molecule has 1 aromatic heterocycles. The SMILES string of the molecule is O=Cc1c(Br)noc1C1CCCS1. The second-order valence-electron chi connectivity index (χ2n) is 2.87. The van der Waals surface area contributed by atoms with Crippen LogP contribution in [0.25, 0.3) is 0 Å². The monoisotopic (exact) mass is 261 g/mol. The van der Waals surface area contributed by atoms with Crippen LogP contribution in [0, 0.1) is 0 Å². The Labute approximate surface area is 88.4 Å². The number of aldehydes is 1. The summed E-state index contributed by atoms with van der Waals surface area (Å²) < 4.78 is 5.64. The molecule has 0 aromatic carbocycles. The van der Waals surface area contributed by atoms with Crippen LogP contribution < -0.4 is 0 Å². The Bertz CT molecular complexity index is 320. The molecule has 5 heteroatoms. The van der Waals surface area contributed by atoms with Crippen molar-refractivity contribution in [3.05, 3.63) is 15.9 Å².